The van der Waals surface area contributed by atoms with E-state index < -0.39 is 0 Å². The Morgan fingerprint density at radius 3 is 2.31 bits per heavy atom. The predicted molar refractivity (Wildman–Crippen MR) is 64.7 cm³/mol. The lowest BCUT2D eigenvalue weighted by molar-refractivity contribution is -0.108. The van der Waals surface area contributed by atoms with Crippen LogP contribution in [0.2, 0.25) is 0 Å². The molecule has 0 radical (unpaired) electrons. The zero-order valence-electron chi connectivity index (χ0n) is 10.7. The van der Waals surface area contributed by atoms with E-state index in [0.717, 1.165) is 18.7 Å². The van der Waals surface area contributed by atoms with Gasteiger partial charge in [0.15, 0.2) is 6.29 Å². The maximum absolute atomic E-state index is 8.15. The fourth-order valence-corrected chi connectivity index (χ4v) is 2.25. The molecular formula is C12H24N2O2. The Morgan fingerprint density at radius 2 is 1.81 bits per heavy atom. The van der Waals surface area contributed by atoms with Gasteiger partial charge in [0.25, 0.3) is 0 Å². The van der Waals surface area contributed by atoms with Gasteiger partial charge in [-0.2, -0.15) is 0 Å². The number of hydrogen-bond donors (Lipinski definition) is 1. The van der Waals surface area contributed by atoms with Crippen molar-refractivity contribution < 1.29 is 9.47 Å². The highest BCUT2D eigenvalue weighted by molar-refractivity contribution is 5.81. The van der Waals surface area contributed by atoms with E-state index in [-0.39, 0.29) is 6.29 Å². The summed E-state index contributed by atoms with van der Waals surface area (Å²) >= 11 is 0. The maximum atomic E-state index is 8.15. The lowest BCUT2D eigenvalue weighted by Gasteiger charge is -2.30. The van der Waals surface area contributed by atoms with Crippen molar-refractivity contribution in [1.29, 1.82) is 5.41 Å². The highest BCUT2D eigenvalue weighted by Gasteiger charge is 2.22. The first-order valence-electron chi connectivity index (χ1n) is 6.04. The van der Waals surface area contributed by atoms with Gasteiger partial charge in [-0.3, -0.25) is 5.41 Å². The van der Waals surface area contributed by atoms with E-state index in [0.29, 0.717) is 12.5 Å². The van der Waals surface area contributed by atoms with E-state index in [1.54, 1.807) is 14.2 Å². The van der Waals surface area contributed by atoms with Gasteiger partial charge in [-0.25, -0.2) is 0 Å². The number of methoxy groups -OCH3 is 2. The molecule has 0 bridgehead atoms. The summed E-state index contributed by atoms with van der Waals surface area (Å²) in [5, 5.41) is 8.15. The van der Waals surface area contributed by atoms with Crippen LogP contribution in [0.15, 0.2) is 0 Å². The van der Waals surface area contributed by atoms with Gasteiger partial charge in [0.2, 0.25) is 0 Å². The largest absolute Gasteiger partial charge is 0.358 e. The van der Waals surface area contributed by atoms with E-state index in [4.69, 9.17) is 14.9 Å². The molecule has 0 unspecified atom stereocenters. The fourth-order valence-electron chi connectivity index (χ4n) is 2.25. The third-order valence-corrected chi connectivity index (χ3v) is 3.35. The smallest absolute Gasteiger partial charge is 0.174 e. The van der Waals surface area contributed by atoms with Crippen LogP contribution < -0.4 is 0 Å². The topological polar surface area (TPSA) is 45.5 Å². The predicted octanol–water partition coefficient (Wildman–Crippen LogP) is 2.09. The second kappa shape index (κ2) is 6.86. The average Bonchev–Trinajstić information content (AvgIpc) is 2.35. The van der Waals surface area contributed by atoms with Crippen molar-refractivity contribution in [3.05, 3.63) is 0 Å². The Kier molecular flexibility index (Phi) is 5.77. The number of ether oxygens (including phenoxy) is 2. The van der Waals surface area contributed by atoms with E-state index in [9.17, 15) is 0 Å². The molecule has 0 aliphatic heterocycles. The van der Waals surface area contributed by atoms with Gasteiger partial charge in [-0.1, -0.05) is 19.3 Å². The monoisotopic (exact) mass is 228 g/mol. The molecule has 0 heterocycles. The number of rotatable bonds is 5. The molecule has 0 aromatic carbocycles. The Morgan fingerprint density at radius 1 is 1.25 bits per heavy atom. The van der Waals surface area contributed by atoms with Gasteiger partial charge in [-0.15, -0.1) is 0 Å². The lowest BCUT2D eigenvalue weighted by atomic mass is 9.88. The summed E-state index contributed by atoms with van der Waals surface area (Å²) in [6.45, 7) is 0.627. The van der Waals surface area contributed by atoms with Crippen LogP contribution in [-0.2, 0) is 9.47 Å². The van der Waals surface area contributed by atoms with Crippen molar-refractivity contribution in [2.75, 3.05) is 27.8 Å². The first kappa shape index (κ1) is 13.5. The number of amidine groups is 1. The second-order valence-corrected chi connectivity index (χ2v) is 4.50. The van der Waals surface area contributed by atoms with Gasteiger partial charge < -0.3 is 14.4 Å². The Hall–Kier alpha value is -0.610. The average molecular weight is 228 g/mol. The molecule has 0 spiro atoms. The molecule has 1 saturated carbocycles. The van der Waals surface area contributed by atoms with Crippen LogP contribution in [-0.4, -0.2) is 44.8 Å². The number of hydrogen-bond acceptors (Lipinski definition) is 3. The van der Waals surface area contributed by atoms with Gasteiger partial charge in [0, 0.05) is 27.2 Å². The molecule has 1 aliphatic carbocycles. The van der Waals surface area contributed by atoms with Crippen LogP contribution in [0.5, 0.6) is 0 Å². The van der Waals surface area contributed by atoms with E-state index in [2.05, 4.69) is 0 Å². The van der Waals surface area contributed by atoms with Crippen molar-refractivity contribution in [3.8, 4) is 0 Å². The molecular weight excluding hydrogens is 204 g/mol. The molecule has 4 nitrogen and oxygen atoms in total. The quantitative estimate of drug-likeness (QED) is 0.445. The minimum Gasteiger partial charge on any atom is -0.358 e. The highest BCUT2D eigenvalue weighted by Crippen LogP contribution is 2.25. The summed E-state index contributed by atoms with van der Waals surface area (Å²) < 4.78 is 10.3. The van der Waals surface area contributed by atoms with Crippen LogP contribution in [0.25, 0.3) is 0 Å². The van der Waals surface area contributed by atoms with E-state index in [1.807, 2.05) is 11.9 Å². The number of nitrogens with one attached hydrogen (secondary N) is 1. The summed E-state index contributed by atoms with van der Waals surface area (Å²) in [6, 6.07) is 0. The standard InChI is InChI=1S/C12H24N2O2/c1-14(9-11(15-2)16-3)12(13)10-7-5-4-6-8-10/h10-11,13H,4-9H2,1-3H3. The van der Waals surface area contributed by atoms with Crippen LogP contribution in [0.3, 0.4) is 0 Å². The summed E-state index contributed by atoms with van der Waals surface area (Å²) in [4.78, 5) is 1.95. The zero-order chi connectivity index (χ0) is 12.0. The summed E-state index contributed by atoms with van der Waals surface area (Å²) in [6.07, 6.45) is 5.93. The van der Waals surface area contributed by atoms with Gasteiger partial charge in [0.05, 0.1) is 12.4 Å². The SMILES string of the molecule is COC(CN(C)C(=N)C1CCCCC1)OC. The molecule has 1 fully saturated rings. The van der Waals surface area contributed by atoms with Gasteiger partial charge in [-0.05, 0) is 12.8 Å². The summed E-state index contributed by atoms with van der Waals surface area (Å²) in [5.74, 6) is 1.17. The number of nitrogens with zero attached hydrogens (tertiary/aromatic N) is 1. The first-order chi connectivity index (χ1) is 7.69. The lowest BCUT2D eigenvalue weighted by Crippen LogP contribution is -2.39. The molecule has 1 aliphatic rings. The molecule has 0 aromatic rings. The van der Waals surface area contributed by atoms with Crippen LogP contribution in [0, 0.1) is 11.3 Å². The van der Waals surface area contributed by atoms with E-state index in [1.165, 1.54) is 19.3 Å². The third-order valence-electron chi connectivity index (χ3n) is 3.35. The molecule has 4 heteroatoms. The van der Waals surface area contributed by atoms with Crippen molar-refractivity contribution in [1.82, 2.24) is 4.90 Å². The summed E-state index contributed by atoms with van der Waals surface area (Å²) in [7, 11) is 5.21. The molecule has 94 valence electrons. The third kappa shape index (κ3) is 3.76. The molecule has 1 N–H and O–H groups in total. The molecule has 1 rings (SSSR count). The van der Waals surface area contributed by atoms with Gasteiger partial charge >= 0.3 is 0 Å². The Balaban J connectivity index is 2.39. The fraction of sp³-hybridized carbons (Fsp3) is 0.917. The zero-order valence-corrected chi connectivity index (χ0v) is 10.7. The maximum Gasteiger partial charge on any atom is 0.174 e. The molecule has 16 heavy (non-hydrogen) atoms. The van der Waals surface area contributed by atoms with Crippen molar-refractivity contribution >= 4 is 5.84 Å². The molecule has 0 amide bonds. The summed E-state index contributed by atoms with van der Waals surface area (Å²) in [5.41, 5.74) is 0. The van der Waals surface area contributed by atoms with Gasteiger partial charge in [0.1, 0.15) is 0 Å². The van der Waals surface area contributed by atoms with E-state index >= 15 is 0 Å². The first-order valence-corrected chi connectivity index (χ1v) is 6.04. The minimum atomic E-state index is -0.242. The van der Waals surface area contributed by atoms with Crippen LogP contribution in [0.4, 0.5) is 0 Å². The molecule has 0 atom stereocenters. The van der Waals surface area contributed by atoms with Crippen molar-refractivity contribution in [2.24, 2.45) is 5.92 Å². The van der Waals surface area contributed by atoms with Crippen molar-refractivity contribution in [2.45, 2.75) is 38.4 Å². The molecule has 0 saturated heterocycles. The number of likely N-dealkylation sites (N-methyl/N-ethyl adjacent to an activating group) is 1. The highest BCUT2D eigenvalue weighted by atomic mass is 16.7. The molecule has 0 aromatic heterocycles. The normalized spacial score (nSPS) is 17.8. The Labute approximate surface area is 98.4 Å². The minimum absolute atomic E-state index is 0.242. The van der Waals surface area contributed by atoms with Crippen molar-refractivity contribution in [3.63, 3.8) is 0 Å². The van der Waals surface area contributed by atoms with Crippen LogP contribution >= 0.6 is 0 Å². The second-order valence-electron chi connectivity index (χ2n) is 4.50. The Bertz CT molecular complexity index is 211. The van der Waals surface area contributed by atoms with Crippen LogP contribution in [0.1, 0.15) is 32.1 Å².